The number of aromatic nitrogens is 1. The van der Waals surface area contributed by atoms with Crippen LogP contribution in [0.2, 0.25) is 0 Å². The van der Waals surface area contributed by atoms with Crippen LogP contribution in [0.3, 0.4) is 0 Å². The van der Waals surface area contributed by atoms with Crippen LogP contribution in [0.15, 0.2) is 36.5 Å². The van der Waals surface area contributed by atoms with Crippen molar-refractivity contribution in [3.8, 4) is 0 Å². The minimum Gasteiger partial charge on any atom is -0.378 e. The summed E-state index contributed by atoms with van der Waals surface area (Å²) in [6.07, 6.45) is 1.84. The Morgan fingerprint density at radius 2 is 1.94 bits per heavy atom. The van der Waals surface area contributed by atoms with E-state index in [2.05, 4.69) is 34.1 Å². The number of morpholine rings is 1. The molecule has 82 valence electrons. The van der Waals surface area contributed by atoms with E-state index in [1.165, 1.54) is 11.1 Å². The minimum absolute atomic E-state index is 0.816. The van der Waals surface area contributed by atoms with Crippen molar-refractivity contribution < 1.29 is 4.74 Å². The predicted octanol–water partition coefficient (Wildman–Crippen LogP) is 2.07. The SMILES string of the molecule is c1cc(N2CCOCC2)c2cccnc2c1. The van der Waals surface area contributed by atoms with E-state index in [4.69, 9.17) is 4.74 Å². The van der Waals surface area contributed by atoms with E-state index in [9.17, 15) is 0 Å². The maximum atomic E-state index is 5.38. The van der Waals surface area contributed by atoms with Crippen LogP contribution < -0.4 is 4.90 Å². The van der Waals surface area contributed by atoms with Crippen LogP contribution in [-0.4, -0.2) is 31.3 Å². The Labute approximate surface area is 94.7 Å². The van der Waals surface area contributed by atoms with Gasteiger partial charge >= 0.3 is 0 Å². The smallest absolute Gasteiger partial charge is 0.0722 e. The normalized spacial score (nSPS) is 16.6. The minimum atomic E-state index is 0.816. The van der Waals surface area contributed by atoms with Gasteiger partial charge in [-0.2, -0.15) is 0 Å². The number of ether oxygens (including phenoxy) is 1. The number of pyridine rings is 1. The molecule has 0 spiro atoms. The first kappa shape index (κ1) is 9.60. The van der Waals surface area contributed by atoms with E-state index in [1.54, 1.807) is 0 Å². The lowest BCUT2D eigenvalue weighted by molar-refractivity contribution is 0.123. The first-order valence-corrected chi connectivity index (χ1v) is 5.61. The Morgan fingerprint density at radius 3 is 2.81 bits per heavy atom. The lowest BCUT2D eigenvalue weighted by Gasteiger charge is -2.29. The first-order valence-electron chi connectivity index (χ1n) is 5.61. The maximum Gasteiger partial charge on any atom is 0.0722 e. The van der Waals surface area contributed by atoms with Crippen molar-refractivity contribution in [2.24, 2.45) is 0 Å². The largest absolute Gasteiger partial charge is 0.378 e. The molecule has 0 unspecified atom stereocenters. The summed E-state index contributed by atoms with van der Waals surface area (Å²) in [7, 11) is 0. The summed E-state index contributed by atoms with van der Waals surface area (Å²) in [5.41, 5.74) is 2.33. The summed E-state index contributed by atoms with van der Waals surface area (Å²) < 4.78 is 5.38. The quantitative estimate of drug-likeness (QED) is 0.726. The lowest BCUT2D eigenvalue weighted by Crippen LogP contribution is -2.36. The molecule has 3 heteroatoms. The summed E-state index contributed by atoms with van der Waals surface area (Å²) in [5, 5.41) is 1.23. The molecule has 0 aliphatic carbocycles. The summed E-state index contributed by atoms with van der Waals surface area (Å²) >= 11 is 0. The highest BCUT2D eigenvalue weighted by Gasteiger charge is 2.13. The van der Waals surface area contributed by atoms with Crippen LogP contribution >= 0.6 is 0 Å². The van der Waals surface area contributed by atoms with Crippen molar-refractivity contribution in [1.82, 2.24) is 4.98 Å². The molecule has 1 aliphatic rings. The predicted molar refractivity (Wildman–Crippen MR) is 64.8 cm³/mol. The molecule has 2 heterocycles. The third-order valence-corrected chi connectivity index (χ3v) is 2.97. The Balaban J connectivity index is 2.08. The third-order valence-electron chi connectivity index (χ3n) is 2.97. The van der Waals surface area contributed by atoms with Gasteiger partial charge < -0.3 is 9.64 Å². The van der Waals surface area contributed by atoms with Crippen LogP contribution in [0.25, 0.3) is 10.9 Å². The molecule has 1 aromatic carbocycles. The number of nitrogens with zero attached hydrogens (tertiary/aromatic N) is 2. The van der Waals surface area contributed by atoms with Gasteiger partial charge in [0.1, 0.15) is 0 Å². The number of hydrogen-bond acceptors (Lipinski definition) is 3. The molecule has 1 saturated heterocycles. The topological polar surface area (TPSA) is 25.4 Å². The average Bonchev–Trinajstić information content (AvgIpc) is 2.39. The maximum absolute atomic E-state index is 5.38. The monoisotopic (exact) mass is 214 g/mol. The number of anilines is 1. The van der Waals surface area contributed by atoms with Crippen LogP contribution in [0.1, 0.15) is 0 Å². The molecule has 0 bridgehead atoms. The Hall–Kier alpha value is -1.61. The first-order chi connectivity index (χ1) is 7.95. The van der Waals surface area contributed by atoms with Gasteiger partial charge in [0.05, 0.1) is 18.7 Å². The standard InChI is InChI=1S/C13H14N2O/c1-4-12-11(3-2-6-14-12)13(5-1)15-7-9-16-10-8-15/h1-6H,7-10H2. The summed E-state index contributed by atoms with van der Waals surface area (Å²) in [6.45, 7) is 3.56. The molecule has 0 N–H and O–H groups in total. The van der Waals surface area contributed by atoms with Crippen molar-refractivity contribution >= 4 is 16.6 Å². The van der Waals surface area contributed by atoms with Crippen molar-refractivity contribution in [3.63, 3.8) is 0 Å². The van der Waals surface area contributed by atoms with Gasteiger partial charge in [0.15, 0.2) is 0 Å². The zero-order chi connectivity index (χ0) is 10.8. The highest BCUT2D eigenvalue weighted by Crippen LogP contribution is 2.25. The molecular weight excluding hydrogens is 200 g/mol. The molecule has 0 saturated carbocycles. The molecule has 3 nitrogen and oxygen atoms in total. The Kier molecular flexibility index (Phi) is 2.46. The molecule has 1 aliphatic heterocycles. The average molecular weight is 214 g/mol. The second kappa shape index (κ2) is 4.10. The van der Waals surface area contributed by atoms with Crippen LogP contribution in [-0.2, 0) is 4.74 Å². The highest BCUT2D eigenvalue weighted by molar-refractivity contribution is 5.91. The molecule has 1 fully saturated rings. The van der Waals surface area contributed by atoms with Gasteiger partial charge in [-0.25, -0.2) is 0 Å². The van der Waals surface area contributed by atoms with Crippen molar-refractivity contribution in [2.45, 2.75) is 0 Å². The van der Waals surface area contributed by atoms with E-state index < -0.39 is 0 Å². The van der Waals surface area contributed by atoms with Gasteiger partial charge in [0.2, 0.25) is 0 Å². The van der Waals surface area contributed by atoms with Crippen molar-refractivity contribution in [1.29, 1.82) is 0 Å². The number of benzene rings is 1. The zero-order valence-electron chi connectivity index (χ0n) is 9.10. The van der Waals surface area contributed by atoms with Crippen LogP contribution in [0, 0.1) is 0 Å². The molecule has 0 amide bonds. The van der Waals surface area contributed by atoms with Gasteiger partial charge in [-0.05, 0) is 24.3 Å². The van der Waals surface area contributed by atoms with Crippen molar-refractivity contribution in [2.75, 3.05) is 31.2 Å². The molecular formula is C13H14N2O. The van der Waals surface area contributed by atoms with Gasteiger partial charge in [0.25, 0.3) is 0 Å². The lowest BCUT2D eigenvalue weighted by atomic mass is 10.1. The summed E-state index contributed by atoms with van der Waals surface area (Å²) in [4.78, 5) is 6.75. The molecule has 16 heavy (non-hydrogen) atoms. The fourth-order valence-corrected chi connectivity index (χ4v) is 2.17. The molecule has 3 rings (SSSR count). The molecule has 0 atom stereocenters. The van der Waals surface area contributed by atoms with Crippen molar-refractivity contribution in [3.05, 3.63) is 36.5 Å². The van der Waals surface area contributed by atoms with Gasteiger partial charge in [-0.3, -0.25) is 4.98 Å². The van der Waals surface area contributed by atoms with E-state index in [1.807, 2.05) is 12.3 Å². The highest BCUT2D eigenvalue weighted by atomic mass is 16.5. The summed E-state index contributed by atoms with van der Waals surface area (Å²) in [6, 6.07) is 10.4. The Bertz CT molecular complexity index is 487. The molecule has 1 aromatic heterocycles. The zero-order valence-corrected chi connectivity index (χ0v) is 9.10. The number of rotatable bonds is 1. The van der Waals surface area contributed by atoms with Gasteiger partial charge in [-0.15, -0.1) is 0 Å². The second-order valence-corrected chi connectivity index (χ2v) is 3.95. The molecule has 0 radical (unpaired) electrons. The van der Waals surface area contributed by atoms with Gasteiger partial charge in [0, 0.05) is 30.4 Å². The second-order valence-electron chi connectivity index (χ2n) is 3.95. The fraction of sp³-hybridized carbons (Fsp3) is 0.308. The van der Waals surface area contributed by atoms with E-state index >= 15 is 0 Å². The Morgan fingerprint density at radius 1 is 1.06 bits per heavy atom. The van der Waals surface area contributed by atoms with E-state index in [0.29, 0.717) is 0 Å². The van der Waals surface area contributed by atoms with Crippen LogP contribution in [0.4, 0.5) is 5.69 Å². The van der Waals surface area contributed by atoms with Crippen LogP contribution in [0.5, 0.6) is 0 Å². The van der Waals surface area contributed by atoms with E-state index in [0.717, 1.165) is 31.8 Å². The van der Waals surface area contributed by atoms with E-state index in [-0.39, 0.29) is 0 Å². The van der Waals surface area contributed by atoms with Gasteiger partial charge in [-0.1, -0.05) is 6.07 Å². The molecule has 2 aromatic rings. The fourth-order valence-electron chi connectivity index (χ4n) is 2.17. The summed E-state index contributed by atoms with van der Waals surface area (Å²) in [5.74, 6) is 0. The number of hydrogen-bond donors (Lipinski definition) is 0. The number of fused-ring (bicyclic) bond motifs is 1. The third kappa shape index (κ3) is 1.63.